The number of nitrogens with two attached hydrogens (primary N) is 1. The number of likely N-dealkylation sites (N-methyl/N-ethyl adjacent to an activating group) is 1. The molecule has 1 saturated heterocycles. The second-order valence-electron chi connectivity index (χ2n) is 4.08. The van der Waals surface area contributed by atoms with Crippen molar-refractivity contribution in [3.63, 3.8) is 0 Å². The number of hydrogen-bond acceptors (Lipinski definition) is 3. The topological polar surface area (TPSA) is 32.5 Å². The van der Waals surface area contributed by atoms with Crippen molar-refractivity contribution in [3.05, 3.63) is 0 Å². The van der Waals surface area contributed by atoms with Crippen molar-refractivity contribution >= 4 is 0 Å². The normalized spacial score (nSPS) is 30.5. The SMILES string of the molecule is CC(N)CN1CCN(C)CC1C. The smallest absolute Gasteiger partial charge is 0.0195 e. The summed E-state index contributed by atoms with van der Waals surface area (Å²) in [5.74, 6) is 0. The van der Waals surface area contributed by atoms with Gasteiger partial charge in [0.2, 0.25) is 0 Å². The third-order valence-corrected chi connectivity index (χ3v) is 2.49. The van der Waals surface area contributed by atoms with Gasteiger partial charge in [-0.1, -0.05) is 0 Å². The molecule has 0 spiro atoms. The zero-order chi connectivity index (χ0) is 9.14. The maximum absolute atomic E-state index is 5.76. The first kappa shape index (κ1) is 9.96. The monoisotopic (exact) mass is 171 g/mol. The van der Waals surface area contributed by atoms with Crippen LogP contribution in [0.15, 0.2) is 0 Å². The molecule has 0 radical (unpaired) electrons. The van der Waals surface area contributed by atoms with Crippen molar-refractivity contribution in [1.29, 1.82) is 0 Å². The molecule has 1 aliphatic heterocycles. The first-order chi connectivity index (χ1) is 5.59. The average molecular weight is 171 g/mol. The van der Waals surface area contributed by atoms with Crippen molar-refractivity contribution in [2.75, 3.05) is 33.2 Å². The van der Waals surface area contributed by atoms with E-state index in [0.717, 1.165) is 6.54 Å². The minimum Gasteiger partial charge on any atom is -0.327 e. The highest BCUT2D eigenvalue weighted by molar-refractivity contribution is 4.78. The molecule has 0 amide bonds. The van der Waals surface area contributed by atoms with E-state index in [4.69, 9.17) is 5.73 Å². The maximum Gasteiger partial charge on any atom is 0.0195 e. The second kappa shape index (κ2) is 4.21. The molecule has 12 heavy (non-hydrogen) atoms. The van der Waals surface area contributed by atoms with Gasteiger partial charge in [0.05, 0.1) is 0 Å². The second-order valence-corrected chi connectivity index (χ2v) is 4.08. The Morgan fingerprint density at radius 3 is 2.67 bits per heavy atom. The molecule has 0 saturated carbocycles. The van der Waals surface area contributed by atoms with Gasteiger partial charge in [-0.05, 0) is 20.9 Å². The Morgan fingerprint density at radius 1 is 1.50 bits per heavy atom. The van der Waals surface area contributed by atoms with E-state index in [1.54, 1.807) is 0 Å². The molecule has 0 aliphatic carbocycles. The van der Waals surface area contributed by atoms with Crippen LogP contribution in [-0.2, 0) is 0 Å². The lowest BCUT2D eigenvalue weighted by atomic mass is 10.2. The Morgan fingerprint density at radius 2 is 2.17 bits per heavy atom. The molecule has 1 heterocycles. The van der Waals surface area contributed by atoms with Gasteiger partial charge in [0, 0.05) is 38.3 Å². The van der Waals surface area contributed by atoms with Crippen molar-refractivity contribution in [2.45, 2.75) is 25.9 Å². The van der Waals surface area contributed by atoms with Crippen LogP contribution in [0.3, 0.4) is 0 Å². The summed E-state index contributed by atoms with van der Waals surface area (Å²) >= 11 is 0. The molecular weight excluding hydrogens is 150 g/mol. The molecule has 1 aliphatic rings. The van der Waals surface area contributed by atoms with E-state index in [9.17, 15) is 0 Å². The van der Waals surface area contributed by atoms with Crippen LogP contribution >= 0.6 is 0 Å². The van der Waals surface area contributed by atoms with Crippen LogP contribution in [0.4, 0.5) is 0 Å². The lowest BCUT2D eigenvalue weighted by Crippen LogP contribution is -2.53. The van der Waals surface area contributed by atoms with Crippen molar-refractivity contribution < 1.29 is 0 Å². The van der Waals surface area contributed by atoms with Crippen LogP contribution < -0.4 is 5.73 Å². The summed E-state index contributed by atoms with van der Waals surface area (Å²) < 4.78 is 0. The van der Waals surface area contributed by atoms with Crippen LogP contribution in [0.5, 0.6) is 0 Å². The van der Waals surface area contributed by atoms with E-state index in [1.807, 2.05) is 0 Å². The summed E-state index contributed by atoms with van der Waals surface area (Å²) in [4.78, 5) is 4.85. The molecule has 1 rings (SSSR count). The molecule has 0 aromatic rings. The first-order valence-electron chi connectivity index (χ1n) is 4.77. The van der Waals surface area contributed by atoms with Gasteiger partial charge in [-0.2, -0.15) is 0 Å². The fourth-order valence-electron chi connectivity index (χ4n) is 1.82. The zero-order valence-corrected chi connectivity index (χ0v) is 8.45. The lowest BCUT2D eigenvalue weighted by molar-refractivity contribution is 0.0961. The van der Waals surface area contributed by atoms with E-state index in [-0.39, 0.29) is 0 Å². The fourth-order valence-corrected chi connectivity index (χ4v) is 1.82. The molecule has 0 aromatic carbocycles. The molecule has 3 nitrogen and oxygen atoms in total. The highest BCUT2D eigenvalue weighted by Crippen LogP contribution is 2.07. The van der Waals surface area contributed by atoms with E-state index >= 15 is 0 Å². The Kier molecular flexibility index (Phi) is 3.50. The summed E-state index contributed by atoms with van der Waals surface area (Å²) in [6.07, 6.45) is 0. The summed E-state index contributed by atoms with van der Waals surface area (Å²) in [6.45, 7) is 8.90. The molecule has 0 aromatic heterocycles. The minimum atomic E-state index is 0.302. The molecule has 2 unspecified atom stereocenters. The summed E-state index contributed by atoms with van der Waals surface area (Å²) in [6, 6.07) is 0.964. The van der Waals surface area contributed by atoms with Gasteiger partial charge in [0.15, 0.2) is 0 Å². The molecule has 1 fully saturated rings. The Labute approximate surface area is 75.5 Å². The molecule has 2 atom stereocenters. The van der Waals surface area contributed by atoms with Crippen LogP contribution in [-0.4, -0.2) is 55.1 Å². The van der Waals surface area contributed by atoms with Gasteiger partial charge >= 0.3 is 0 Å². The predicted octanol–water partition coefficient (Wildman–Crippen LogP) is -0.0305. The fraction of sp³-hybridized carbons (Fsp3) is 1.00. The standard InChI is InChI=1S/C9H21N3/c1-8(10)6-12-5-4-11(3)7-9(12)2/h8-9H,4-7,10H2,1-3H3. The highest BCUT2D eigenvalue weighted by atomic mass is 15.3. The number of rotatable bonds is 2. The molecule has 0 bridgehead atoms. The van der Waals surface area contributed by atoms with Gasteiger partial charge in [-0.25, -0.2) is 0 Å². The third-order valence-electron chi connectivity index (χ3n) is 2.49. The summed E-state index contributed by atoms with van der Waals surface area (Å²) in [5.41, 5.74) is 5.76. The van der Waals surface area contributed by atoms with Crippen LogP contribution in [0.25, 0.3) is 0 Å². The molecular formula is C9H21N3. The molecule has 3 heteroatoms. The number of hydrogen-bond donors (Lipinski definition) is 1. The Bertz CT molecular complexity index is 136. The summed E-state index contributed by atoms with van der Waals surface area (Å²) in [7, 11) is 2.18. The number of piperazine rings is 1. The van der Waals surface area contributed by atoms with Crippen LogP contribution in [0.2, 0.25) is 0 Å². The van der Waals surface area contributed by atoms with Gasteiger partial charge in [0.1, 0.15) is 0 Å². The average Bonchev–Trinajstić information content (AvgIpc) is 1.94. The highest BCUT2D eigenvalue weighted by Gasteiger charge is 2.21. The summed E-state index contributed by atoms with van der Waals surface area (Å²) in [5, 5.41) is 0. The van der Waals surface area contributed by atoms with E-state index in [0.29, 0.717) is 12.1 Å². The quantitative estimate of drug-likeness (QED) is 0.633. The lowest BCUT2D eigenvalue weighted by Gasteiger charge is -2.38. The van der Waals surface area contributed by atoms with Crippen molar-refractivity contribution in [2.24, 2.45) is 5.73 Å². The van der Waals surface area contributed by atoms with Gasteiger partial charge in [-0.3, -0.25) is 4.90 Å². The van der Waals surface area contributed by atoms with E-state index in [1.165, 1.54) is 19.6 Å². The predicted molar refractivity (Wildman–Crippen MR) is 52.2 cm³/mol. The minimum absolute atomic E-state index is 0.302. The van der Waals surface area contributed by atoms with E-state index < -0.39 is 0 Å². The van der Waals surface area contributed by atoms with Gasteiger partial charge < -0.3 is 10.6 Å². The van der Waals surface area contributed by atoms with Crippen molar-refractivity contribution in [1.82, 2.24) is 9.80 Å². The molecule has 2 N–H and O–H groups in total. The largest absolute Gasteiger partial charge is 0.327 e. The van der Waals surface area contributed by atoms with Gasteiger partial charge in [-0.15, -0.1) is 0 Å². The van der Waals surface area contributed by atoms with E-state index in [2.05, 4.69) is 30.7 Å². The van der Waals surface area contributed by atoms with Gasteiger partial charge in [0.25, 0.3) is 0 Å². The third kappa shape index (κ3) is 2.73. The molecule has 72 valence electrons. The van der Waals surface area contributed by atoms with Crippen LogP contribution in [0, 0.1) is 0 Å². The Balaban J connectivity index is 2.34. The van der Waals surface area contributed by atoms with Crippen molar-refractivity contribution in [3.8, 4) is 0 Å². The van der Waals surface area contributed by atoms with Crippen LogP contribution in [0.1, 0.15) is 13.8 Å². The maximum atomic E-state index is 5.76. The zero-order valence-electron chi connectivity index (χ0n) is 8.45. The number of nitrogens with zero attached hydrogens (tertiary/aromatic N) is 2. The Hall–Kier alpha value is -0.120. The first-order valence-corrected chi connectivity index (χ1v) is 4.77.